The SMILES string of the molecule is CCCCCCCCC(CCCOC)C(CC)(OCC)OCC. The average molecular weight is 331 g/mol. The smallest absolute Gasteiger partial charge is 0.170 e. The van der Waals surface area contributed by atoms with Crippen molar-refractivity contribution in [1.29, 1.82) is 0 Å². The fraction of sp³-hybridized carbons (Fsp3) is 1.00. The standard InChI is InChI=1S/C20H42O3/c1-6-10-11-12-13-14-16-19(17-15-18-21-5)20(7-2,22-8-3)23-9-4/h19H,6-18H2,1-5H3. The molecular weight excluding hydrogens is 288 g/mol. The largest absolute Gasteiger partial charge is 0.385 e. The summed E-state index contributed by atoms with van der Waals surface area (Å²) < 4.78 is 17.5. The Morgan fingerprint density at radius 1 is 0.739 bits per heavy atom. The Balaban J connectivity index is 4.59. The van der Waals surface area contributed by atoms with Gasteiger partial charge in [0.15, 0.2) is 5.79 Å². The van der Waals surface area contributed by atoms with Gasteiger partial charge in [-0.25, -0.2) is 0 Å². The van der Waals surface area contributed by atoms with E-state index in [1.54, 1.807) is 7.11 Å². The van der Waals surface area contributed by atoms with Crippen LogP contribution in [0.3, 0.4) is 0 Å². The van der Waals surface area contributed by atoms with Gasteiger partial charge in [-0.15, -0.1) is 0 Å². The highest BCUT2D eigenvalue weighted by Crippen LogP contribution is 2.35. The predicted molar refractivity (Wildman–Crippen MR) is 98.9 cm³/mol. The summed E-state index contributed by atoms with van der Waals surface area (Å²) in [7, 11) is 1.78. The lowest BCUT2D eigenvalue weighted by molar-refractivity contribution is -0.268. The van der Waals surface area contributed by atoms with Crippen LogP contribution < -0.4 is 0 Å². The molecule has 3 nitrogen and oxygen atoms in total. The zero-order chi connectivity index (χ0) is 17.4. The molecule has 0 bridgehead atoms. The van der Waals surface area contributed by atoms with Crippen LogP contribution in [0.4, 0.5) is 0 Å². The van der Waals surface area contributed by atoms with E-state index in [-0.39, 0.29) is 0 Å². The van der Waals surface area contributed by atoms with Crippen molar-refractivity contribution in [3.63, 3.8) is 0 Å². The molecule has 0 aliphatic rings. The van der Waals surface area contributed by atoms with E-state index in [0.717, 1.165) is 25.9 Å². The van der Waals surface area contributed by atoms with Crippen LogP contribution >= 0.6 is 0 Å². The Kier molecular flexibility index (Phi) is 15.3. The zero-order valence-electron chi connectivity index (χ0n) is 16.5. The molecule has 23 heavy (non-hydrogen) atoms. The molecule has 0 aliphatic heterocycles. The van der Waals surface area contributed by atoms with Crippen molar-refractivity contribution in [2.45, 2.75) is 97.7 Å². The van der Waals surface area contributed by atoms with E-state index in [4.69, 9.17) is 14.2 Å². The van der Waals surface area contributed by atoms with Crippen molar-refractivity contribution in [2.75, 3.05) is 26.9 Å². The molecule has 0 amide bonds. The molecule has 0 aromatic heterocycles. The third-order valence-corrected chi connectivity index (χ3v) is 4.70. The van der Waals surface area contributed by atoms with Gasteiger partial charge in [-0.1, -0.05) is 52.4 Å². The molecule has 0 aliphatic carbocycles. The number of hydrogen-bond donors (Lipinski definition) is 0. The Morgan fingerprint density at radius 3 is 1.83 bits per heavy atom. The lowest BCUT2D eigenvalue weighted by Gasteiger charge is -2.40. The third kappa shape index (κ3) is 9.69. The van der Waals surface area contributed by atoms with Crippen molar-refractivity contribution in [1.82, 2.24) is 0 Å². The summed E-state index contributed by atoms with van der Waals surface area (Å²) in [5, 5.41) is 0. The molecule has 0 aromatic rings. The molecule has 0 aromatic carbocycles. The molecule has 0 saturated heterocycles. The van der Waals surface area contributed by atoms with Crippen molar-refractivity contribution in [3.8, 4) is 0 Å². The van der Waals surface area contributed by atoms with Gasteiger partial charge in [0.05, 0.1) is 0 Å². The van der Waals surface area contributed by atoms with Gasteiger partial charge in [-0.2, -0.15) is 0 Å². The first-order valence-electron chi connectivity index (χ1n) is 9.97. The van der Waals surface area contributed by atoms with Gasteiger partial charge in [0, 0.05) is 32.8 Å². The summed E-state index contributed by atoms with van der Waals surface area (Å²) in [6, 6.07) is 0. The topological polar surface area (TPSA) is 27.7 Å². The average Bonchev–Trinajstić information content (AvgIpc) is 2.56. The summed E-state index contributed by atoms with van der Waals surface area (Å²) in [6.07, 6.45) is 12.4. The molecule has 0 spiro atoms. The van der Waals surface area contributed by atoms with Gasteiger partial charge >= 0.3 is 0 Å². The number of unbranched alkanes of at least 4 members (excludes halogenated alkanes) is 5. The van der Waals surface area contributed by atoms with E-state index >= 15 is 0 Å². The molecule has 0 saturated carbocycles. The second kappa shape index (κ2) is 15.4. The number of rotatable bonds is 17. The minimum Gasteiger partial charge on any atom is -0.385 e. The second-order valence-corrected chi connectivity index (χ2v) is 6.42. The van der Waals surface area contributed by atoms with Gasteiger partial charge in [-0.3, -0.25) is 0 Å². The van der Waals surface area contributed by atoms with E-state index < -0.39 is 5.79 Å². The third-order valence-electron chi connectivity index (χ3n) is 4.70. The van der Waals surface area contributed by atoms with Gasteiger partial charge in [0.25, 0.3) is 0 Å². The minimum atomic E-state index is -0.402. The van der Waals surface area contributed by atoms with Crippen LogP contribution in [0.1, 0.15) is 91.9 Å². The molecule has 1 unspecified atom stereocenters. The van der Waals surface area contributed by atoms with Crippen LogP contribution in [0.5, 0.6) is 0 Å². The number of hydrogen-bond acceptors (Lipinski definition) is 3. The maximum atomic E-state index is 6.14. The normalized spacial score (nSPS) is 13.4. The maximum Gasteiger partial charge on any atom is 0.170 e. The molecule has 0 fully saturated rings. The fourth-order valence-electron chi connectivity index (χ4n) is 3.49. The highest BCUT2D eigenvalue weighted by Gasteiger charge is 2.38. The highest BCUT2D eigenvalue weighted by molar-refractivity contribution is 4.79. The Labute approximate surface area is 145 Å². The molecule has 3 heteroatoms. The van der Waals surface area contributed by atoms with E-state index in [1.165, 1.54) is 44.9 Å². The molecule has 1 atom stereocenters. The molecule has 0 N–H and O–H groups in total. The first-order valence-corrected chi connectivity index (χ1v) is 9.97. The Bertz CT molecular complexity index is 237. The summed E-state index contributed by atoms with van der Waals surface area (Å²) in [4.78, 5) is 0. The predicted octanol–water partition coefficient (Wildman–Crippen LogP) is 5.96. The van der Waals surface area contributed by atoms with Crippen LogP contribution in [0.15, 0.2) is 0 Å². The van der Waals surface area contributed by atoms with E-state index in [0.29, 0.717) is 19.1 Å². The second-order valence-electron chi connectivity index (χ2n) is 6.42. The Morgan fingerprint density at radius 2 is 1.30 bits per heavy atom. The molecule has 0 radical (unpaired) electrons. The summed E-state index contributed by atoms with van der Waals surface area (Å²) in [6.45, 7) is 10.9. The molecule has 0 heterocycles. The van der Waals surface area contributed by atoms with Crippen LogP contribution in [-0.4, -0.2) is 32.7 Å². The fourth-order valence-corrected chi connectivity index (χ4v) is 3.49. The highest BCUT2D eigenvalue weighted by atomic mass is 16.7. The minimum absolute atomic E-state index is 0.402. The lowest BCUT2D eigenvalue weighted by atomic mass is 9.86. The van der Waals surface area contributed by atoms with Crippen LogP contribution in [0.2, 0.25) is 0 Å². The van der Waals surface area contributed by atoms with E-state index in [1.807, 2.05) is 0 Å². The summed E-state index contributed by atoms with van der Waals surface area (Å²) >= 11 is 0. The van der Waals surface area contributed by atoms with Crippen molar-refractivity contribution >= 4 is 0 Å². The van der Waals surface area contributed by atoms with Crippen molar-refractivity contribution in [3.05, 3.63) is 0 Å². The molecule has 0 rings (SSSR count). The quantitative estimate of drug-likeness (QED) is 0.243. The maximum absolute atomic E-state index is 6.14. The van der Waals surface area contributed by atoms with Gasteiger partial charge in [0.2, 0.25) is 0 Å². The van der Waals surface area contributed by atoms with Crippen molar-refractivity contribution in [2.24, 2.45) is 5.92 Å². The Hall–Kier alpha value is -0.120. The van der Waals surface area contributed by atoms with Crippen molar-refractivity contribution < 1.29 is 14.2 Å². The monoisotopic (exact) mass is 330 g/mol. The van der Waals surface area contributed by atoms with Crippen LogP contribution in [0.25, 0.3) is 0 Å². The van der Waals surface area contributed by atoms with E-state index in [9.17, 15) is 0 Å². The first-order chi connectivity index (χ1) is 11.2. The first kappa shape index (κ1) is 22.9. The zero-order valence-corrected chi connectivity index (χ0v) is 16.5. The lowest BCUT2D eigenvalue weighted by Crippen LogP contribution is -2.43. The van der Waals surface area contributed by atoms with Crippen LogP contribution in [0, 0.1) is 5.92 Å². The number of ether oxygens (including phenoxy) is 3. The number of methoxy groups -OCH3 is 1. The van der Waals surface area contributed by atoms with Gasteiger partial charge in [0.1, 0.15) is 0 Å². The van der Waals surface area contributed by atoms with Gasteiger partial charge in [-0.05, 0) is 39.5 Å². The van der Waals surface area contributed by atoms with E-state index in [2.05, 4.69) is 27.7 Å². The summed E-state index contributed by atoms with van der Waals surface area (Å²) in [5.74, 6) is 0.0643. The molecular formula is C20H42O3. The summed E-state index contributed by atoms with van der Waals surface area (Å²) in [5.41, 5.74) is 0. The van der Waals surface area contributed by atoms with Gasteiger partial charge < -0.3 is 14.2 Å². The molecule has 140 valence electrons. The van der Waals surface area contributed by atoms with Crippen LogP contribution in [-0.2, 0) is 14.2 Å².